The number of carbonyl (C=O) groups is 2. The van der Waals surface area contributed by atoms with Gasteiger partial charge in [0.15, 0.2) is 0 Å². The minimum atomic E-state index is -0.191. The topological polar surface area (TPSA) is 70.2 Å². The first-order chi connectivity index (χ1) is 9.60. The molecule has 108 valence electrons. The van der Waals surface area contributed by atoms with Crippen LogP contribution in [-0.2, 0) is 4.79 Å². The third-order valence-corrected chi connectivity index (χ3v) is 3.34. The van der Waals surface area contributed by atoms with Gasteiger partial charge in [0.05, 0.1) is 10.6 Å². The molecule has 1 fully saturated rings. The second-order valence-electron chi connectivity index (χ2n) is 4.84. The van der Waals surface area contributed by atoms with Crippen molar-refractivity contribution in [2.75, 3.05) is 18.9 Å². The van der Waals surface area contributed by atoms with E-state index in [-0.39, 0.29) is 17.9 Å². The first kappa shape index (κ1) is 14.8. The van der Waals surface area contributed by atoms with E-state index in [0.29, 0.717) is 29.2 Å². The van der Waals surface area contributed by atoms with E-state index in [2.05, 4.69) is 16.0 Å². The molecule has 1 aliphatic rings. The zero-order valence-corrected chi connectivity index (χ0v) is 12.1. The molecule has 0 spiro atoms. The van der Waals surface area contributed by atoms with Crippen molar-refractivity contribution in [3.05, 3.63) is 28.8 Å². The zero-order valence-electron chi connectivity index (χ0n) is 11.3. The monoisotopic (exact) mass is 295 g/mol. The van der Waals surface area contributed by atoms with Gasteiger partial charge in [0.25, 0.3) is 5.91 Å². The Bertz CT molecular complexity index is 515. The lowest BCUT2D eigenvalue weighted by Gasteiger charge is -2.09. The van der Waals surface area contributed by atoms with Gasteiger partial charge in [-0.2, -0.15) is 0 Å². The summed E-state index contributed by atoms with van der Waals surface area (Å²) in [6, 6.07) is 5.19. The predicted octanol–water partition coefficient (Wildman–Crippen LogP) is 1.78. The zero-order chi connectivity index (χ0) is 14.5. The van der Waals surface area contributed by atoms with E-state index in [4.69, 9.17) is 11.6 Å². The van der Waals surface area contributed by atoms with Crippen LogP contribution in [0.3, 0.4) is 0 Å². The van der Waals surface area contributed by atoms with Crippen LogP contribution >= 0.6 is 11.6 Å². The first-order valence-corrected chi connectivity index (χ1v) is 7.03. The molecule has 6 heteroatoms. The molecule has 3 N–H and O–H groups in total. The molecular weight excluding hydrogens is 278 g/mol. The molecule has 0 radical (unpaired) electrons. The van der Waals surface area contributed by atoms with Crippen LogP contribution in [0.25, 0.3) is 0 Å². The van der Waals surface area contributed by atoms with Crippen molar-refractivity contribution in [3.63, 3.8) is 0 Å². The smallest absolute Gasteiger partial charge is 0.253 e. The number of carbonyl (C=O) groups excluding carboxylic acids is 2. The van der Waals surface area contributed by atoms with Crippen molar-refractivity contribution >= 4 is 29.1 Å². The normalized spacial score (nSPS) is 13.9. The van der Waals surface area contributed by atoms with Gasteiger partial charge in [0.1, 0.15) is 0 Å². The highest BCUT2D eigenvalue weighted by molar-refractivity contribution is 6.34. The van der Waals surface area contributed by atoms with Gasteiger partial charge in [0.2, 0.25) is 5.91 Å². The van der Waals surface area contributed by atoms with Crippen molar-refractivity contribution in [1.82, 2.24) is 10.6 Å². The van der Waals surface area contributed by atoms with Gasteiger partial charge in [-0.1, -0.05) is 11.6 Å². The molecule has 2 rings (SSSR count). The maximum Gasteiger partial charge on any atom is 0.253 e. The second-order valence-corrected chi connectivity index (χ2v) is 5.25. The fourth-order valence-electron chi connectivity index (χ4n) is 1.73. The molecule has 1 aromatic rings. The molecule has 0 unspecified atom stereocenters. The van der Waals surface area contributed by atoms with Gasteiger partial charge in [-0.3, -0.25) is 9.59 Å². The molecule has 20 heavy (non-hydrogen) atoms. The van der Waals surface area contributed by atoms with Gasteiger partial charge < -0.3 is 16.0 Å². The summed E-state index contributed by atoms with van der Waals surface area (Å²) in [4.78, 5) is 23.6. The van der Waals surface area contributed by atoms with Gasteiger partial charge in [0, 0.05) is 24.7 Å². The molecule has 2 amide bonds. The van der Waals surface area contributed by atoms with Crippen molar-refractivity contribution in [3.8, 4) is 0 Å². The van der Waals surface area contributed by atoms with Crippen LogP contribution in [0.5, 0.6) is 0 Å². The number of hydrogen-bond acceptors (Lipinski definition) is 3. The lowest BCUT2D eigenvalue weighted by Crippen LogP contribution is -2.26. The lowest BCUT2D eigenvalue weighted by atomic mass is 10.1. The fourth-order valence-corrected chi connectivity index (χ4v) is 1.93. The van der Waals surface area contributed by atoms with Crippen molar-refractivity contribution < 1.29 is 9.59 Å². The van der Waals surface area contributed by atoms with Crippen LogP contribution < -0.4 is 16.0 Å². The maximum absolute atomic E-state index is 12.0. The third kappa shape index (κ3) is 4.21. The molecule has 1 aromatic carbocycles. The molecular formula is C14H18ClN3O2. The molecule has 1 saturated carbocycles. The maximum atomic E-state index is 12.0. The number of amides is 2. The van der Waals surface area contributed by atoms with Crippen LogP contribution in [0, 0.1) is 0 Å². The molecule has 0 aromatic heterocycles. The summed E-state index contributed by atoms with van der Waals surface area (Å²) < 4.78 is 0. The largest absolute Gasteiger partial charge is 0.349 e. The van der Waals surface area contributed by atoms with Crippen LogP contribution in [0.1, 0.15) is 29.6 Å². The molecule has 0 aliphatic heterocycles. The summed E-state index contributed by atoms with van der Waals surface area (Å²) in [7, 11) is 1.79. The summed E-state index contributed by atoms with van der Waals surface area (Å²) in [5.41, 5.74) is 0.974. The Labute approximate surface area is 123 Å². The van der Waals surface area contributed by atoms with Crippen molar-refractivity contribution in [1.29, 1.82) is 0 Å². The van der Waals surface area contributed by atoms with E-state index >= 15 is 0 Å². The van der Waals surface area contributed by atoms with Gasteiger partial charge in [-0.25, -0.2) is 0 Å². The molecule has 5 nitrogen and oxygen atoms in total. The predicted molar refractivity (Wildman–Crippen MR) is 79.1 cm³/mol. The van der Waals surface area contributed by atoms with Crippen molar-refractivity contribution in [2.24, 2.45) is 0 Å². The Morgan fingerprint density at radius 2 is 2.10 bits per heavy atom. The van der Waals surface area contributed by atoms with E-state index in [9.17, 15) is 9.59 Å². The molecule has 0 bridgehead atoms. The first-order valence-electron chi connectivity index (χ1n) is 6.65. The van der Waals surface area contributed by atoms with Gasteiger partial charge in [-0.05, 0) is 38.1 Å². The average molecular weight is 296 g/mol. The third-order valence-electron chi connectivity index (χ3n) is 3.01. The molecule has 0 heterocycles. The van der Waals surface area contributed by atoms with Gasteiger partial charge in [-0.15, -0.1) is 0 Å². The van der Waals surface area contributed by atoms with E-state index in [1.165, 1.54) is 0 Å². The summed E-state index contributed by atoms with van der Waals surface area (Å²) in [5, 5.41) is 8.92. The van der Waals surface area contributed by atoms with E-state index in [1.807, 2.05) is 0 Å². The standard InChI is InChI=1S/C14H18ClN3O2/c1-16-7-6-13(19)17-10-4-5-12(15)11(8-10)14(20)18-9-2-3-9/h4-5,8-9,16H,2-3,6-7H2,1H3,(H,17,19)(H,18,20). The molecule has 0 atom stereocenters. The van der Waals surface area contributed by atoms with E-state index in [0.717, 1.165) is 12.8 Å². The molecule has 0 saturated heterocycles. The summed E-state index contributed by atoms with van der Waals surface area (Å²) in [6.45, 7) is 0.606. The Morgan fingerprint density at radius 1 is 1.35 bits per heavy atom. The quantitative estimate of drug-likeness (QED) is 0.749. The Balaban J connectivity index is 2.03. The Hall–Kier alpha value is -1.59. The SMILES string of the molecule is CNCCC(=O)Nc1ccc(Cl)c(C(=O)NC2CC2)c1. The summed E-state index contributed by atoms with van der Waals surface area (Å²) in [6.07, 6.45) is 2.41. The van der Waals surface area contributed by atoms with Gasteiger partial charge >= 0.3 is 0 Å². The van der Waals surface area contributed by atoms with Crippen molar-refractivity contribution in [2.45, 2.75) is 25.3 Å². The minimum Gasteiger partial charge on any atom is -0.349 e. The average Bonchev–Trinajstić information content (AvgIpc) is 3.22. The van der Waals surface area contributed by atoms with E-state index in [1.54, 1.807) is 25.2 Å². The highest BCUT2D eigenvalue weighted by Crippen LogP contribution is 2.23. The van der Waals surface area contributed by atoms with Crippen LogP contribution in [0.15, 0.2) is 18.2 Å². The second kappa shape index (κ2) is 6.72. The van der Waals surface area contributed by atoms with Crippen LogP contribution in [0.2, 0.25) is 5.02 Å². The highest BCUT2D eigenvalue weighted by Gasteiger charge is 2.24. The van der Waals surface area contributed by atoms with Crippen LogP contribution in [0.4, 0.5) is 5.69 Å². The van der Waals surface area contributed by atoms with E-state index < -0.39 is 0 Å². The summed E-state index contributed by atoms with van der Waals surface area (Å²) >= 11 is 6.03. The highest BCUT2D eigenvalue weighted by atomic mass is 35.5. The summed E-state index contributed by atoms with van der Waals surface area (Å²) in [5.74, 6) is -0.293. The number of benzene rings is 1. The minimum absolute atomic E-state index is 0.102. The number of halogens is 1. The number of nitrogens with one attached hydrogen (secondary N) is 3. The number of hydrogen-bond donors (Lipinski definition) is 3. The Kier molecular flexibility index (Phi) is 4.98. The fraction of sp³-hybridized carbons (Fsp3) is 0.429. The number of anilines is 1. The molecule has 1 aliphatic carbocycles. The lowest BCUT2D eigenvalue weighted by molar-refractivity contribution is -0.116. The van der Waals surface area contributed by atoms with Crippen LogP contribution in [-0.4, -0.2) is 31.4 Å². The Morgan fingerprint density at radius 3 is 2.75 bits per heavy atom. The number of rotatable bonds is 6.